The molecule has 1 N–H and O–H groups in total. The molecule has 96 valence electrons. The fourth-order valence-electron chi connectivity index (χ4n) is 2.51. The molecule has 1 saturated carbocycles. The molecule has 0 aromatic carbocycles. The lowest BCUT2D eigenvalue weighted by molar-refractivity contribution is 0.0464. The first-order valence-electron chi connectivity index (χ1n) is 5.99. The monoisotopic (exact) mass is 265 g/mol. The van der Waals surface area contributed by atoms with Crippen LogP contribution in [0.1, 0.15) is 23.3 Å². The molecule has 1 aliphatic rings. The predicted molar refractivity (Wildman–Crippen MR) is 70.5 cm³/mol. The number of hydrogen-bond donors (Lipinski definition) is 1. The summed E-state index contributed by atoms with van der Waals surface area (Å²) >= 11 is 1.52. The molecule has 0 saturated heterocycles. The summed E-state index contributed by atoms with van der Waals surface area (Å²) in [6, 6.07) is 0. The van der Waals surface area contributed by atoms with E-state index in [1.165, 1.54) is 11.3 Å². The number of carbonyl (C=O) groups excluding carboxylic acids is 1. The molecule has 3 rings (SSSR count). The predicted octanol–water partition coefficient (Wildman–Crippen LogP) is 1.42. The Morgan fingerprint density at radius 3 is 3.11 bits per heavy atom. The Bertz CT molecular complexity index is 571. The van der Waals surface area contributed by atoms with E-state index in [-0.39, 0.29) is 6.10 Å². The molecule has 0 bridgehead atoms. The van der Waals surface area contributed by atoms with Gasteiger partial charge >= 0.3 is 0 Å². The molecule has 0 amide bonds. The van der Waals surface area contributed by atoms with E-state index in [1.807, 2.05) is 27.9 Å². The zero-order valence-corrected chi connectivity index (χ0v) is 10.9. The molecular formula is C12H15N3O2S. The summed E-state index contributed by atoms with van der Waals surface area (Å²) in [6.07, 6.45) is 4.28. The third kappa shape index (κ3) is 1.81. The molecule has 0 radical (unpaired) electrons. The third-order valence-electron chi connectivity index (χ3n) is 3.50. The minimum Gasteiger partial charge on any atom is -0.393 e. The van der Waals surface area contributed by atoms with E-state index in [2.05, 4.69) is 4.98 Å². The van der Waals surface area contributed by atoms with Gasteiger partial charge in [-0.25, -0.2) is 4.98 Å². The Morgan fingerprint density at radius 2 is 2.44 bits per heavy atom. The zero-order valence-electron chi connectivity index (χ0n) is 10.1. The number of nitrogens with zero attached hydrogens (tertiary/aromatic N) is 3. The van der Waals surface area contributed by atoms with Crippen molar-refractivity contribution < 1.29 is 9.90 Å². The van der Waals surface area contributed by atoms with Crippen molar-refractivity contribution in [3.63, 3.8) is 0 Å². The minimum atomic E-state index is -0.139. The number of fused-ring (bicyclic) bond motifs is 1. The van der Waals surface area contributed by atoms with Crippen LogP contribution in [0.15, 0.2) is 11.6 Å². The van der Waals surface area contributed by atoms with Crippen molar-refractivity contribution >= 4 is 28.4 Å². The van der Waals surface area contributed by atoms with E-state index in [9.17, 15) is 9.90 Å². The van der Waals surface area contributed by atoms with Crippen molar-refractivity contribution in [1.82, 2.24) is 9.38 Å². The molecule has 0 spiro atoms. The highest BCUT2D eigenvalue weighted by molar-refractivity contribution is 7.15. The van der Waals surface area contributed by atoms with Crippen LogP contribution in [-0.4, -0.2) is 40.5 Å². The molecule has 2 aromatic rings. The Labute approximate surface area is 109 Å². The highest BCUT2D eigenvalue weighted by Gasteiger charge is 2.29. The normalized spacial score (nSPS) is 23.0. The van der Waals surface area contributed by atoms with Crippen LogP contribution < -0.4 is 4.90 Å². The highest BCUT2D eigenvalue weighted by atomic mass is 32.1. The summed E-state index contributed by atoms with van der Waals surface area (Å²) in [5, 5.41) is 11.2. The number of thiazole rings is 1. The summed E-state index contributed by atoms with van der Waals surface area (Å²) in [6.45, 7) is 0.836. The van der Waals surface area contributed by atoms with Crippen LogP contribution in [0.5, 0.6) is 0 Å². The van der Waals surface area contributed by atoms with Crippen molar-refractivity contribution in [3.05, 3.63) is 17.3 Å². The minimum absolute atomic E-state index is 0.139. The van der Waals surface area contributed by atoms with Gasteiger partial charge in [0.1, 0.15) is 5.69 Å². The standard InChI is InChI=1S/C12H15N3O2S/c1-14(6-8-4-9(17)5-8)11-10(7-16)15-2-3-18-12(15)13-11/h2-3,7-9,17H,4-6H2,1H3. The number of aliphatic hydroxyl groups excluding tert-OH is 1. The van der Waals surface area contributed by atoms with Crippen molar-refractivity contribution in [3.8, 4) is 0 Å². The van der Waals surface area contributed by atoms with Crippen LogP contribution in [-0.2, 0) is 0 Å². The maximum Gasteiger partial charge on any atom is 0.196 e. The van der Waals surface area contributed by atoms with E-state index < -0.39 is 0 Å². The number of hydrogen-bond acceptors (Lipinski definition) is 5. The third-order valence-corrected chi connectivity index (χ3v) is 4.25. The van der Waals surface area contributed by atoms with Crippen LogP contribution in [0.3, 0.4) is 0 Å². The lowest BCUT2D eigenvalue weighted by Gasteiger charge is -2.34. The van der Waals surface area contributed by atoms with Gasteiger partial charge in [-0.05, 0) is 18.8 Å². The first-order chi connectivity index (χ1) is 8.69. The second-order valence-electron chi connectivity index (χ2n) is 4.87. The van der Waals surface area contributed by atoms with Crippen molar-refractivity contribution in [2.24, 2.45) is 5.92 Å². The van der Waals surface area contributed by atoms with E-state index in [0.29, 0.717) is 11.6 Å². The SMILES string of the molecule is CN(CC1CC(O)C1)c1nc2sccn2c1C=O. The first-order valence-corrected chi connectivity index (χ1v) is 6.87. The number of aromatic nitrogens is 2. The molecule has 2 heterocycles. The van der Waals surface area contributed by atoms with Crippen molar-refractivity contribution in [1.29, 1.82) is 0 Å². The van der Waals surface area contributed by atoms with Crippen LogP contribution in [0.25, 0.3) is 4.96 Å². The quantitative estimate of drug-likeness (QED) is 0.849. The van der Waals surface area contributed by atoms with E-state index >= 15 is 0 Å². The van der Waals surface area contributed by atoms with Gasteiger partial charge in [0.25, 0.3) is 0 Å². The molecule has 5 nitrogen and oxygen atoms in total. The van der Waals surface area contributed by atoms with Gasteiger partial charge in [-0.15, -0.1) is 11.3 Å². The van der Waals surface area contributed by atoms with Crippen molar-refractivity contribution in [2.75, 3.05) is 18.5 Å². The highest BCUT2D eigenvalue weighted by Crippen LogP contribution is 2.30. The summed E-state index contributed by atoms with van der Waals surface area (Å²) < 4.78 is 1.82. The van der Waals surface area contributed by atoms with Crippen LogP contribution in [0, 0.1) is 5.92 Å². The van der Waals surface area contributed by atoms with E-state index in [0.717, 1.165) is 36.5 Å². The van der Waals surface area contributed by atoms with Gasteiger partial charge in [-0.2, -0.15) is 0 Å². The molecule has 1 aliphatic carbocycles. The Hall–Kier alpha value is -1.40. The maximum atomic E-state index is 11.2. The zero-order chi connectivity index (χ0) is 12.7. The van der Waals surface area contributed by atoms with Gasteiger partial charge in [0.2, 0.25) is 0 Å². The fraction of sp³-hybridized carbons (Fsp3) is 0.500. The van der Waals surface area contributed by atoms with Crippen molar-refractivity contribution in [2.45, 2.75) is 18.9 Å². The largest absolute Gasteiger partial charge is 0.393 e. The lowest BCUT2D eigenvalue weighted by Crippen LogP contribution is -2.37. The number of rotatable bonds is 4. The number of carbonyl (C=O) groups is 1. The molecule has 1 fully saturated rings. The molecule has 6 heteroatoms. The Morgan fingerprint density at radius 1 is 1.67 bits per heavy atom. The second-order valence-corrected chi connectivity index (χ2v) is 5.74. The van der Waals surface area contributed by atoms with E-state index in [4.69, 9.17) is 0 Å². The topological polar surface area (TPSA) is 57.8 Å². The molecular weight excluding hydrogens is 250 g/mol. The van der Waals surface area contributed by atoms with Gasteiger partial charge < -0.3 is 10.0 Å². The average molecular weight is 265 g/mol. The maximum absolute atomic E-state index is 11.2. The number of aliphatic hydroxyl groups is 1. The average Bonchev–Trinajstić information content (AvgIpc) is 2.85. The fourth-order valence-corrected chi connectivity index (χ4v) is 3.22. The molecule has 2 aromatic heterocycles. The van der Waals surface area contributed by atoms with Gasteiger partial charge in [0.15, 0.2) is 17.1 Å². The first kappa shape index (κ1) is 11.7. The smallest absolute Gasteiger partial charge is 0.196 e. The summed E-state index contributed by atoms with van der Waals surface area (Å²) in [5.41, 5.74) is 0.605. The van der Waals surface area contributed by atoms with Crippen LogP contribution >= 0.6 is 11.3 Å². The van der Waals surface area contributed by atoms with Crippen LogP contribution in [0.2, 0.25) is 0 Å². The molecule has 0 atom stereocenters. The van der Waals surface area contributed by atoms with Gasteiger partial charge in [-0.3, -0.25) is 9.20 Å². The number of imidazole rings is 1. The van der Waals surface area contributed by atoms with Gasteiger partial charge in [0, 0.05) is 25.2 Å². The summed E-state index contributed by atoms with van der Waals surface area (Å²) in [7, 11) is 1.95. The van der Waals surface area contributed by atoms with Gasteiger partial charge in [-0.1, -0.05) is 0 Å². The van der Waals surface area contributed by atoms with E-state index in [1.54, 1.807) is 0 Å². The number of aldehydes is 1. The van der Waals surface area contributed by atoms with Crippen LogP contribution in [0.4, 0.5) is 5.82 Å². The van der Waals surface area contributed by atoms with Gasteiger partial charge in [0.05, 0.1) is 6.10 Å². The molecule has 18 heavy (non-hydrogen) atoms. The molecule has 0 unspecified atom stereocenters. The lowest BCUT2D eigenvalue weighted by atomic mass is 9.82. The molecule has 0 aliphatic heterocycles. The Balaban J connectivity index is 1.83. The summed E-state index contributed by atoms with van der Waals surface area (Å²) in [5.74, 6) is 1.24. The summed E-state index contributed by atoms with van der Waals surface area (Å²) in [4.78, 5) is 18.5. The Kier molecular flexibility index (Phi) is 2.83. The second kappa shape index (κ2) is 4.37. The number of anilines is 1.